The highest BCUT2D eigenvalue weighted by Gasteiger charge is 2.26. The maximum Gasteiger partial charge on any atom is 0.254 e. The number of sulfone groups is 1. The number of benzene rings is 2. The van der Waals surface area contributed by atoms with Gasteiger partial charge < -0.3 is 18.9 Å². The number of hydrogen-bond donors (Lipinski definition) is 0. The predicted molar refractivity (Wildman–Crippen MR) is 124 cm³/mol. The number of methoxy groups -OCH3 is 2. The van der Waals surface area contributed by atoms with Crippen LogP contribution in [0.25, 0.3) is 0 Å². The molecule has 3 rings (SSSR count). The zero-order valence-corrected chi connectivity index (χ0v) is 19.7. The van der Waals surface area contributed by atoms with Crippen molar-refractivity contribution in [2.75, 3.05) is 34.0 Å². The molecule has 0 bridgehead atoms. The average Bonchev–Trinajstić information content (AvgIpc) is 3.24. The van der Waals surface area contributed by atoms with Crippen molar-refractivity contribution in [2.24, 2.45) is 0 Å². The lowest BCUT2D eigenvalue weighted by molar-refractivity contribution is 0.0674. The number of aromatic nitrogens is 2. The van der Waals surface area contributed by atoms with Crippen molar-refractivity contribution in [3.8, 4) is 0 Å². The molecule has 1 heterocycles. The number of carbonyl (C=O) groups excluding carboxylic acids is 1. The minimum Gasteiger partial charge on any atom is -0.383 e. The Balaban J connectivity index is 1.92. The fourth-order valence-electron chi connectivity index (χ4n) is 3.46. The molecule has 1 aromatic heterocycles. The van der Waals surface area contributed by atoms with Crippen LogP contribution in [0.15, 0.2) is 72.0 Å². The van der Waals surface area contributed by atoms with Crippen molar-refractivity contribution < 1.29 is 22.7 Å². The second kappa shape index (κ2) is 11.7. The second-order valence-electron chi connectivity index (χ2n) is 7.51. The van der Waals surface area contributed by atoms with Gasteiger partial charge in [-0.05, 0) is 17.7 Å². The molecule has 0 unspecified atom stereocenters. The van der Waals surface area contributed by atoms with Crippen molar-refractivity contribution in [1.82, 2.24) is 14.5 Å². The van der Waals surface area contributed by atoms with Gasteiger partial charge in [0.25, 0.3) is 5.91 Å². The normalized spacial score (nSPS) is 11.5. The van der Waals surface area contributed by atoms with E-state index in [9.17, 15) is 13.2 Å². The molecule has 9 heteroatoms. The minimum absolute atomic E-state index is 0.0303. The summed E-state index contributed by atoms with van der Waals surface area (Å²) in [5.41, 5.74) is 1.84. The largest absolute Gasteiger partial charge is 0.383 e. The molecule has 3 aromatic rings. The Morgan fingerprint density at radius 3 is 2.24 bits per heavy atom. The predicted octanol–water partition coefficient (Wildman–Crippen LogP) is 2.79. The van der Waals surface area contributed by atoms with E-state index in [1.165, 1.54) is 6.20 Å². The second-order valence-corrected chi connectivity index (χ2v) is 9.39. The Morgan fingerprint density at radius 1 is 0.970 bits per heavy atom. The number of rotatable bonds is 12. The summed E-state index contributed by atoms with van der Waals surface area (Å²) < 4.78 is 38.4. The van der Waals surface area contributed by atoms with Gasteiger partial charge in [-0.25, -0.2) is 13.4 Å². The summed E-state index contributed by atoms with van der Waals surface area (Å²) >= 11 is 0. The molecule has 0 N–H and O–H groups in total. The summed E-state index contributed by atoms with van der Waals surface area (Å²) in [5.74, 6) is -0.325. The molecule has 2 aromatic carbocycles. The van der Waals surface area contributed by atoms with E-state index in [-0.39, 0.29) is 23.4 Å². The maximum absolute atomic E-state index is 13.2. The molecule has 0 saturated carbocycles. The fraction of sp³-hybridized carbons (Fsp3) is 0.333. The number of ether oxygens (including phenoxy) is 2. The van der Waals surface area contributed by atoms with Gasteiger partial charge in [-0.1, -0.05) is 48.5 Å². The molecule has 176 valence electrons. The van der Waals surface area contributed by atoms with Crippen molar-refractivity contribution in [3.63, 3.8) is 0 Å². The molecule has 33 heavy (non-hydrogen) atoms. The number of imidazole rings is 1. The van der Waals surface area contributed by atoms with E-state index in [0.29, 0.717) is 43.1 Å². The van der Waals surface area contributed by atoms with Gasteiger partial charge in [-0.2, -0.15) is 0 Å². The topological polar surface area (TPSA) is 90.7 Å². The highest BCUT2D eigenvalue weighted by molar-refractivity contribution is 7.90. The van der Waals surface area contributed by atoms with Crippen LogP contribution in [0, 0.1) is 0 Å². The van der Waals surface area contributed by atoms with Gasteiger partial charge >= 0.3 is 0 Å². The van der Waals surface area contributed by atoms with Gasteiger partial charge in [0.1, 0.15) is 0 Å². The highest BCUT2D eigenvalue weighted by Crippen LogP contribution is 2.19. The molecular weight excluding hydrogens is 442 g/mol. The summed E-state index contributed by atoms with van der Waals surface area (Å²) in [4.78, 5) is 19.0. The van der Waals surface area contributed by atoms with Crippen LogP contribution < -0.4 is 0 Å². The Morgan fingerprint density at radius 2 is 1.61 bits per heavy atom. The first-order valence-corrected chi connectivity index (χ1v) is 12.2. The number of nitrogens with zero attached hydrogens (tertiary/aromatic N) is 3. The summed E-state index contributed by atoms with van der Waals surface area (Å²) in [6, 6.07) is 17.9. The molecule has 0 radical (unpaired) electrons. The lowest BCUT2D eigenvalue weighted by Gasteiger charge is -2.23. The third-order valence-corrected chi connectivity index (χ3v) is 6.72. The molecule has 8 nitrogen and oxygen atoms in total. The molecule has 0 spiro atoms. The van der Waals surface area contributed by atoms with E-state index in [1.54, 1.807) is 72.2 Å². The number of carbonyl (C=O) groups is 1. The Bertz CT molecular complexity index is 1130. The van der Waals surface area contributed by atoms with Crippen molar-refractivity contribution in [2.45, 2.75) is 24.0 Å². The number of hydrogen-bond acceptors (Lipinski definition) is 6. The fourth-order valence-corrected chi connectivity index (χ4v) is 4.98. The summed E-state index contributed by atoms with van der Waals surface area (Å²) in [5, 5.41) is -0.0303. The van der Waals surface area contributed by atoms with Gasteiger partial charge in [-0.15, -0.1) is 0 Å². The van der Waals surface area contributed by atoms with Crippen LogP contribution in [-0.4, -0.2) is 62.8 Å². The van der Waals surface area contributed by atoms with E-state index in [1.807, 2.05) is 12.1 Å². The third kappa shape index (κ3) is 6.50. The van der Waals surface area contributed by atoms with E-state index in [2.05, 4.69) is 4.98 Å². The molecule has 0 atom stereocenters. The molecule has 1 amide bonds. The Hall–Kier alpha value is -3.01. The van der Waals surface area contributed by atoms with Crippen molar-refractivity contribution in [1.29, 1.82) is 0 Å². The van der Waals surface area contributed by atoms with Gasteiger partial charge in [0.2, 0.25) is 15.0 Å². The zero-order chi connectivity index (χ0) is 23.7. The van der Waals surface area contributed by atoms with E-state index < -0.39 is 9.84 Å². The monoisotopic (exact) mass is 471 g/mol. The van der Waals surface area contributed by atoms with Crippen LogP contribution in [-0.2, 0) is 38.2 Å². The van der Waals surface area contributed by atoms with Crippen LogP contribution in [0.3, 0.4) is 0 Å². The lowest BCUT2D eigenvalue weighted by atomic mass is 10.2. The summed E-state index contributed by atoms with van der Waals surface area (Å²) in [6.07, 6.45) is 1.52. The summed E-state index contributed by atoms with van der Waals surface area (Å²) in [6.45, 7) is 1.50. The first-order chi connectivity index (χ1) is 16.0. The standard InChI is InChI=1S/C24H29N3O5S/c1-31-15-13-26(23(28)21-11-7-4-8-12-21)18-22-17-25-24(27(22)14-16-32-2)33(29,30)19-20-9-5-3-6-10-20/h3-12,17H,13-16,18-19H2,1-2H3. The van der Waals surface area contributed by atoms with Gasteiger partial charge in [0.15, 0.2) is 0 Å². The van der Waals surface area contributed by atoms with E-state index in [4.69, 9.17) is 9.47 Å². The van der Waals surface area contributed by atoms with Gasteiger partial charge in [0.05, 0.1) is 37.4 Å². The molecule has 0 aliphatic rings. The smallest absolute Gasteiger partial charge is 0.254 e. The van der Waals surface area contributed by atoms with Crippen LogP contribution in [0.5, 0.6) is 0 Å². The Kier molecular flexibility index (Phi) is 8.76. The Labute approximate surface area is 194 Å². The lowest BCUT2D eigenvalue weighted by Crippen LogP contribution is -2.34. The zero-order valence-electron chi connectivity index (χ0n) is 18.9. The molecular formula is C24H29N3O5S. The van der Waals surface area contributed by atoms with Crippen LogP contribution in [0.2, 0.25) is 0 Å². The minimum atomic E-state index is -3.71. The first kappa shape index (κ1) is 24.6. The number of amides is 1. The van der Waals surface area contributed by atoms with Crippen molar-refractivity contribution in [3.05, 3.63) is 83.7 Å². The van der Waals surface area contributed by atoms with Crippen molar-refractivity contribution >= 4 is 15.7 Å². The van der Waals surface area contributed by atoms with Gasteiger partial charge in [-0.3, -0.25) is 4.79 Å². The SMILES string of the molecule is COCCN(Cc1cnc(S(=O)(=O)Cc2ccccc2)n1CCOC)C(=O)c1ccccc1. The van der Waals surface area contributed by atoms with Crippen LogP contribution >= 0.6 is 0 Å². The molecule has 0 fully saturated rings. The van der Waals surface area contributed by atoms with Gasteiger partial charge in [0, 0.05) is 32.9 Å². The van der Waals surface area contributed by atoms with E-state index >= 15 is 0 Å². The van der Waals surface area contributed by atoms with Crippen LogP contribution in [0.4, 0.5) is 0 Å². The average molecular weight is 472 g/mol. The molecule has 0 aliphatic carbocycles. The molecule has 0 saturated heterocycles. The molecule has 0 aliphatic heterocycles. The summed E-state index contributed by atoms with van der Waals surface area (Å²) in [7, 11) is -0.585. The third-order valence-electron chi connectivity index (χ3n) is 5.12. The first-order valence-electron chi connectivity index (χ1n) is 10.6. The highest BCUT2D eigenvalue weighted by atomic mass is 32.2. The van der Waals surface area contributed by atoms with Crippen LogP contribution in [0.1, 0.15) is 21.6 Å². The quantitative estimate of drug-likeness (QED) is 0.403. The maximum atomic E-state index is 13.2. The van der Waals surface area contributed by atoms with E-state index in [0.717, 1.165) is 0 Å².